The summed E-state index contributed by atoms with van der Waals surface area (Å²) >= 11 is 5.88. The van der Waals surface area contributed by atoms with Crippen molar-refractivity contribution in [2.45, 2.75) is 16.1 Å². The van der Waals surface area contributed by atoms with Crippen molar-refractivity contribution in [3.05, 3.63) is 58.6 Å². The third kappa shape index (κ3) is 2.66. The molecule has 2 aliphatic heterocycles. The summed E-state index contributed by atoms with van der Waals surface area (Å²) in [6.45, 7) is 0.328. The van der Waals surface area contributed by atoms with Gasteiger partial charge >= 0.3 is 0 Å². The molecule has 2 aliphatic rings. The fraction of sp³-hybridized carbons (Fsp3) is 0.333. The summed E-state index contributed by atoms with van der Waals surface area (Å²) in [5.41, 5.74) is -0.248. The van der Waals surface area contributed by atoms with E-state index in [-0.39, 0.29) is 42.3 Å². The molecule has 0 unspecified atom stereocenters. The molecule has 0 bridgehead atoms. The highest BCUT2D eigenvalue weighted by Crippen LogP contribution is 2.54. The molecule has 4 rings (SSSR count). The summed E-state index contributed by atoms with van der Waals surface area (Å²) in [6, 6.07) is 7.55. The van der Waals surface area contributed by atoms with Crippen LogP contribution < -0.4 is 10.6 Å². The molecule has 0 radical (unpaired) electrons. The first-order valence-corrected chi connectivity index (χ1v) is 10.2. The minimum absolute atomic E-state index is 0.00103. The quantitative estimate of drug-likeness (QED) is 0.765. The molecule has 1 saturated heterocycles. The van der Waals surface area contributed by atoms with Crippen LogP contribution in [0.15, 0.2) is 41.3 Å². The minimum Gasteiger partial charge on any atom is -0.490 e. The van der Waals surface area contributed by atoms with Crippen LogP contribution in [0.4, 0.5) is 8.78 Å². The van der Waals surface area contributed by atoms with E-state index in [1.807, 2.05) is 0 Å². The predicted molar refractivity (Wildman–Crippen MR) is 96.0 cm³/mol. The van der Waals surface area contributed by atoms with Gasteiger partial charge in [0.05, 0.1) is 17.1 Å². The Balaban J connectivity index is 2.02. The number of sulfone groups is 1. The van der Waals surface area contributed by atoms with Crippen molar-refractivity contribution in [3.8, 4) is 5.75 Å². The first kappa shape index (κ1) is 18.6. The van der Waals surface area contributed by atoms with Crippen LogP contribution in [0.25, 0.3) is 0 Å². The maximum atomic E-state index is 14.9. The predicted octanol–water partition coefficient (Wildman–Crippen LogP) is 2.88. The van der Waals surface area contributed by atoms with Crippen molar-refractivity contribution in [2.75, 3.05) is 19.7 Å². The summed E-state index contributed by atoms with van der Waals surface area (Å²) in [4.78, 5) is -0.00103. The minimum atomic E-state index is -4.10. The molecule has 0 saturated carbocycles. The number of ether oxygens (including phenoxy) is 1. The fourth-order valence-corrected chi connectivity index (χ4v) is 6.56. The van der Waals surface area contributed by atoms with Gasteiger partial charge in [-0.3, -0.25) is 5.84 Å². The van der Waals surface area contributed by atoms with Crippen LogP contribution >= 0.6 is 11.6 Å². The lowest BCUT2D eigenvalue weighted by molar-refractivity contribution is 0.0690. The first-order chi connectivity index (χ1) is 12.8. The molecule has 9 heteroatoms. The van der Waals surface area contributed by atoms with Gasteiger partial charge in [0.1, 0.15) is 10.6 Å². The smallest absolute Gasteiger partial charge is 0.188 e. The Kier molecular flexibility index (Phi) is 4.42. The molecule has 0 aliphatic carbocycles. The van der Waals surface area contributed by atoms with E-state index in [2.05, 4.69) is 0 Å². The molecule has 1 fully saturated rings. The van der Waals surface area contributed by atoms with Gasteiger partial charge in [0.15, 0.2) is 21.4 Å². The highest BCUT2D eigenvalue weighted by molar-refractivity contribution is 7.92. The van der Waals surface area contributed by atoms with Crippen molar-refractivity contribution in [2.24, 2.45) is 11.8 Å². The molecular formula is C18H17ClF2N2O3S. The van der Waals surface area contributed by atoms with E-state index < -0.39 is 32.1 Å². The van der Waals surface area contributed by atoms with Gasteiger partial charge in [-0.1, -0.05) is 11.6 Å². The molecule has 5 nitrogen and oxygen atoms in total. The number of piperidine rings is 1. The monoisotopic (exact) mass is 414 g/mol. The zero-order valence-electron chi connectivity index (χ0n) is 14.2. The highest BCUT2D eigenvalue weighted by Gasteiger charge is 2.59. The highest BCUT2D eigenvalue weighted by atomic mass is 35.5. The Morgan fingerprint density at radius 3 is 2.52 bits per heavy atom. The van der Waals surface area contributed by atoms with Gasteiger partial charge in [0.2, 0.25) is 0 Å². The molecule has 0 spiro atoms. The SMILES string of the molecule is NN1CC[C@@]2(S(=O)(=O)c3ccc(Cl)cc3)c3c(F)ccc(F)c3OC[C@H]2C1. The second-order valence-corrected chi connectivity index (χ2v) is 9.48. The van der Waals surface area contributed by atoms with E-state index in [9.17, 15) is 17.2 Å². The van der Waals surface area contributed by atoms with Crippen LogP contribution in [0, 0.1) is 17.6 Å². The molecule has 2 atom stereocenters. The maximum Gasteiger partial charge on any atom is 0.188 e. The number of benzene rings is 2. The Morgan fingerprint density at radius 1 is 1.15 bits per heavy atom. The van der Waals surface area contributed by atoms with Gasteiger partial charge in [-0.25, -0.2) is 22.2 Å². The lowest BCUT2D eigenvalue weighted by Crippen LogP contribution is -2.59. The van der Waals surface area contributed by atoms with Crippen LogP contribution in [-0.2, 0) is 14.6 Å². The summed E-state index contributed by atoms with van der Waals surface area (Å²) in [6.07, 6.45) is 0.0237. The molecule has 144 valence electrons. The molecular weight excluding hydrogens is 398 g/mol. The third-order valence-corrected chi connectivity index (χ3v) is 8.24. The van der Waals surface area contributed by atoms with Gasteiger partial charge in [-0.05, 0) is 42.8 Å². The molecule has 27 heavy (non-hydrogen) atoms. The van der Waals surface area contributed by atoms with Gasteiger partial charge in [-0.15, -0.1) is 0 Å². The fourth-order valence-electron chi connectivity index (χ4n) is 4.12. The number of nitrogens with two attached hydrogens (primary N) is 1. The Bertz CT molecular complexity index is 1000. The molecule has 2 aromatic rings. The summed E-state index contributed by atoms with van der Waals surface area (Å²) in [7, 11) is -4.10. The Hall–Kier alpha value is -1.74. The summed E-state index contributed by atoms with van der Waals surface area (Å²) in [5, 5.41) is 1.86. The van der Waals surface area contributed by atoms with Crippen molar-refractivity contribution < 1.29 is 21.9 Å². The number of hydrogen-bond donors (Lipinski definition) is 1. The van der Waals surface area contributed by atoms with E-state index in [1.54, 1.807) is 0 Å². The third-order valence-electron chi connectivity index (χ3n) is 5.40. The topological polar surface area (TPSA) is 72.6 Å². The van der Waals surface area contributed by atoms with Crippen molar-refractivity contribution in [1.82, 2.24) is 5.01 Å². The molecule has 2 heterocycles. The van der Waals surface area contributed by atoms with Gasteiger partial charge in [0, 0.05) is 24.0 Å². The average molecular weight is 415 g/mol. The molecule has 0 amide bonds. The van der Waals surface area contributed by atoms with Crippen LogP contribution in [0.5, 0.6) is 5.75 Å². The van der Waals surface area contributed by atoms with E-state index in [4.69, 9.17) is 22.2 Å². The van der Waals surface area contributed by atoms with Gasteiger partial charge in [-0.2, -0.15) is 0 Å². The summed E-state index contributed by atoms with van der Waals surface area (Å²) < 4.78 is 60.5. The second-order valence-electron chi connectivity index (χ2n) is 6.83. The average Bonchev–Trinajstić information content (AvgIpc) is 2.64. The van der Waals surface area contributed by atoms with Crippen LogP contribution in [0.1, 0.15) is 12.0 Å². The van der Waals surface area contributed by atoms with Crippen molar-refractivity contribution >= 4 is 21.4 Å². The van der Waals surface area contributed by atoms with Crippen molar-refractivity contribution in [1.29, 1.82) is 0 Å². The van der Waals surface area contributed by atoms with E-state index in [1.165, 1.54) is 29.3 Å². The van der Waals surface area contributed by atoms with E-state index in [0.29, 0.717) is 5.02 Å². The number of hydrazine groups is 1. The van der Waals surface area contributed by atoms with Gasteiger partial charge in [0.25, 0.3) is 0 Å². The Morgan fingerprint density at radius 2 is 1.81 bits per heavy atom. The number of nitrogens with zero attached hydrogens (tertiary/aromatic N) is 1. The zero-order valence-corrected chi connectivity index (χ0v) is 15.7. The largest absolute Gasteiger partial charge is 0.490 e. The number of hydrogen-bond acceptors (Lipinski definition) is 5. The van der Waals surface area contributed by atoms with E-state index in [0.717, 1.165) is 12.1 Å². The maximum absolute atomic E-state index is 14.9. The normalized spacial score (nSPS) is 25.4. The van der Waals surface area contributed by atoms with Crippen LogP contribution in [0.2, 0.25) is 5.02 Å². The van der Waals surface area contributed by atoms with Gasteiger partial charge < -0.3 is 4.74 Å². The van der Waals surface area contributed by atoms with Crippen LogP contribution in [0.3, 0.4) is 0 Å². The zero-order chi connectivity index (χ0) is 19.4. The van der Waals surface area contributed by atoms with Crippen molar-refractivity contribution in [3.63, 3.8) is 0 Å². The summed E-state index contributed by atoms with van der Waals surface area (Å²) in [5.74, 6) is 3.30. The number of halogens is 3. The number of rotatable bonds is 2. The van der Waals surface area contributed by atoms with Crippen LogP contribution in [-0.4, -0.2) is 33.1 Å². The van der Waals surface area contributed by atoms with E-state index >= 15 is 0 Å². The molecule has 2 N–H and O–H groups in total. The first-order valence-electron chi connectivity index (χ1n) is 8.38. The number of fused-ring (bicyclic) bond motifs is 3. The standard InChI is InChI=1S/C18H17ClF2N2O3S/c19-12-1-3-13(4-2-12)27(24,25)18-7-8-23(22)9-11(18)10-26-17-15(21)6-5-14(20)16(17)18/h1-6,11H,7-10,22H2/t11-,18+/m1/s1. The second kappa shape index (κ2) is 6.41. The Labute approximate surface area is 160 Å². The lowest BCUT2D eigenvalue weighted by atomic mass is 9.78. The molecule has 2 aromatic carbocycles. The lowest BCUT2D eigenvalue weighted by Gasteiger charge is -2.49. The molecule has 0 aromatic heterocycles.